The molecule has 264 valence electrons. The summed E-state index contributed by atoms with van der Waals surface area (Å²) in [5, 5.41) is 0. The van der Waals surface area contributed by atoms with E-state index in [1.54, 1.807) is 0 Å². The van der Waals surface area contributed by atoms with E-state index in [2.05, 4.69) is 161 Å². The molecule has 0 saturated carbocycles. The molecule has 3 aromatic heterocycles. The van der Waals surface area contributed by atoms with Crippen molar-refractivity contribution in [2.75, 3.05) is 0 Å². The van der Waals surface area contributed by atoms with E-state index in [9.17, 15) is 0 Å². The van der Waals surface area contributed by atoms with Crippen LogP contribution in [0.1, 0.15) is 52.7 Å². The zero-order chi connectivity index (χ0) is 37.5. The van der Waals surface area contributed by atoms with Crippen LogP contribution in [0.25, 0.3) is 78.3 Å². The van der Waals surface area contributed by atoms with Crippen LogP contribution in [0.4, 0.5) is 0 Å². The van der Waals surface area contributed by atoms with Crippen LogP contribution in [0, 0.1) is 0 Å². The molecule has 5 aromatic carbocycles. The van der Waals surface area contributed by atoms with Gasteiger partial charge in [-0.2, -0.15) is 0 Å². The highest BCUT2D eigenvalue weighted by Crippen LogP contribution is 2.40. The molecule has 0 atom stereocenters. The zero-order valence-electron chi connectivity index (χ0n) is 31.8. The maximum Gasteiger partial charge on any atom is 0.0973 e. The molecule has 0 radical (unpaired) electrons. The summed E-state index contributed by atoms with van der Waals surface area (Å²) >= 11 is 0. The lowest BCUT2D eigenvalue weighted by Crippen LogP contribution is -2.10. The summed E-state index contributed by atoms with van der Waals surface area (Å²) in [4.78, 5) is 20.0. The van der Waals surface area contributed by atoms with Crippen LogP contribution in [0.3, 0.4) is 0 Å². The molecule has 0 aliphatic rings. The van der Waals surface area contributed by atoms with E-state index in [0.717, 1.165) is 78.3 Å². The van der Waals surface area contributed by atoms with Crippen LogP contribution in [0.5, 0.6) is 0 Å². The fourth-order valence-electron chi connectivity index (χ4n) is 6.95. The summed E-state index contributed by atoms with van der Waals surface area (Å²) in [6.07, 6.45) is 3.65. The number of benzene rings is 5. The number of rotatable bonds is 6. The van der Waals surface area contributed by atoms with Crippen LogP contribution >= 0.6 is 0 Å². The predicted octanol–water partition coefficient (Wildman–Crippen LogP) is 13.0. The van der Waals surface area contributed by atoms with Gasteiger partial charge >= 0.3 is 0 Å². The lowest BCUT2D eigenvalue weighted by molar-refractivity contribution is 0.590. The molecule has 4 heteroatoms. The van der Waals surface area contributed by atoms with Crippen molar-refractivity contribution in [2.45, 2.75) is 52.4 Å². The molecule has 54 heavy (non-hydrogen) atoms. The summed E-state index contributed by atoms with van der Waals surface area (Å²) in [6.45, 7) is 13.5. The standard InChI is InChI=1S/C50H44N4/c1-49(2,3)39-25-21-33(22-26-39)41-31-45-46(32-42(41)34-23-27-40(28-24-34)50(4,5)6)54-48(38-19-15-36(16-20-38)44-12-8-10-30-52-44)47(53-45)37-17-13-35(14-18-37)43-11-7-9-29-51-43/h7-32H,1-6H3. The lowest BCUT2D eigenvalue weighted by Gasteiger charge is -2.21. The molecule has 0 aliphatic heterocycles. The Morgan fingerprint density at radius 2 is 0.685 bits per heavy atom. The van der Waals surface area contributed by atoms with Gasteiger partial charge in [0.05, 0.1) is 33.8 Å². The maximum absolute atomic E-state index is 5.44. The maximum atomic E-state index is 5.44. The molecule has 0 spiro atoms. The zero-order valence-corrected chi connectivity index (χ0v) is 31.8. The summed E-state index contributed by atoms with van der Waals surface area (Å²) in [6, 6.07) is 51.4. The molecule has 0 unspecified atom stereocenters. The monoisotopic (exact) mass is 700 g/mol. The normalized spacial score (nSPS) is 11.9. The van der Waals surface area contributed by atoms with Gasteiger partial charge in [-0.3, -0.25) is 9.97 Å². The first kappa shape index (κ1) is 34.8. The minimum absolute atomic E-state index is 0.0617. The van der Waals surface area contributed by atoms with Crippen LogP contribution < -0.4 is 0 Å². The fourth-order valence-corrected chi connectivity index (χ4v) is 6.95. The molecule has 0 amide bonds. The van der Waals surface area contributed by atoms with Crippen LogP contribution in [0.2, 0.25) is 0 Å². The number of nitrogens with zero attached hydrogens (tertiary/aromatic N) is 4. The Kier molecular flexibility index (Phi) is 8.99. The molecule has 0 saturated heterocycles. The molecule has 0 fully saturated rings. The topological polar surface area (TPSA) is 51.6 Å². The Labute approximate surface area is 318 Å². The molecule has 8 aromatic rings. The molecular weight excluding hydrogens is 657 g/mol. The molecule has 0 aliphatic carbocycles. The van der Waals surface area contributed by atoms with E-state index >= 15 is 0 Å². The van der Waals surface area contributed by atoms with E-state index < -0.39 is 0 Å². The van der Waals surface area contributed by atoms with Crippen molar-refractivity contribution in [2.24, 2.45) is 0 Å². The van der Waals surface area contributed by atoms with Gasteiger partial charge in [0.2, 0.25) is 0 Å². The summed E-state index contributed by atoms with van der Waals surface area (Å²) < 4.78 is 0. The van der Waals surface area contributed by atoms with Crippen LogP contribution in [-0.2, 0) is 10.8 Å². The molecule has 0 bridgehead atoms. The van der Waals surface area contributed by atoms with Crippen molar-refractivity contribution in [3.63, 3.8) is 0 Å². The summed E-state index contributed by atoms with van der Waals surface area (Å²) in [5.41, 5.74) is 16.6. The van der Waals surface area contributed by atoms with Crippen LogP contribution in [-0.4, -0.2) is 19.9 Å². The van der Waals surface area contributed by atoms with Gasteiger partial charge < -0.3 is 0 Å². The third-order valence-corrected chi connectivity index (χ3v) is 10.2. The molecule has 3 heterocycles. The van der Waals surface area contributed by atoms with Crippen molar-refractivity contribution < 1.29 is 0 Å². The van der Waals surface area contributed by atoms with Gasteiger partial charge in [0, 0.05) is 34.6 Å². The first-order valence-corrected chi connectivity index (χ1v) is 18.6. The van der Waals surface area contributed by atoms with Gasteiger partial charge in [0.15, 0.2) is 0 Å². The van der Waals surface area contributed by atoms with Gasteiger partial charge in [-0.1, -0.05) is 151 Å². The lowest BCUT2D eigenvalue weighted by atomic mass is 9.84. The van der Waals surface area contributed by atoms with Gasteiger partial charge in [-0.25, -0.2) is 9.97 Å². The number of hydrogen-bond acceptors (Lipinski definition) is 4. The highest BCUT2D eigenvalue weighted by atomic mass is 14.8. The summed E-state index contributed by atoms with van der Waals surface area (Å²) in [5.74, 6) is 0. The van der Waals surface area contributed by atoms with Crippen LogP contribution in [0.15, 0.2) is 158 Å². The number of fused-ring (bicyclic) bond motifs is 1. The van der Waals surface area contributed by atoms with E-state index in [1.165, 1.54) is 11.1 Å². The highest BCUT2D eigenvalue weighted by molar-refractivity contribution is 5.96. The average Bonchev–Trinajstić information content (AvgIpc) is 3.20. The van der Waals surface area contributed by atoms with Crippen molar-refractivity contribution in [1.82, 2.24) is 19.9 Å². The quantitative estimate of drug-likeness (QED) is 0.173. The Bertz CT molecular complexity index is 2360. The number of hydrogen-bond donors (Lipinski definition) is 0. The first-order valence-electron chi connectivity index (χ1n) is 18.6. The largest absolute Gasteiger partial charge is 0.256 e. The van der Waals surface area contributed by atoms with E-state index in [1.807, 2.05) is 48.8 Å². The Morgan fingerprint density at radius 3 is 1.00 bits per heavy atom. The fraction of sp³-hybridized carbons (Fsp3) is 0.160. The van der Waals surface area contributed by atoms with Gasteiger partial charge in [0.1, 0.15) is 0 Å². The Balaban J connectivity index is 1.33. The van der Waals surface area contributed by atoms with Crippen molar-refractivity contribution >= 4 is 11.0 Å². The van der Waals surface area contributed by atoms with Crippen molar-refractivity contribution in [1.29, 1.82) is 0 Å². The van der Waals surface area contributed by atoms with E-state index in [-0.39, 0.29) is 10.8 Å². The summed E-state index contributed by atoms with van der Waals surface area (Å²) in [7, 11) is 0. The minimum atomic E-state index is 0.0617. The van der Waals surface area contributed by atoms with Gasteiger partial charge in [-0.15, -0.1) is 0 Å². The third-order valence-electron chi connectivity index (χ3n) is 10.2. The van der Waals surface area contributed by atoms with Crippen molar-refractivity contribution in [3.8, 4) is 67.3 Å². The van der Waals surface area contributed by atoms with E-state index in [0.29, 0.717) is 0 Å². The predicted molar refractivity (Wildman–Crippen MR) is 225 cm³/mol. The SMILES string of the molecule is CC(C)(C)c1ccc(-c2cc3nc(-c4ccc(-c5ccccn5)cc4)c(-c4ccc(-c5ccccn5)cc4)nc3cc2-c2ccc(C(C)(C)C)cc2)cc1. The van der Waals surface area contributed by atoms with E-state index in [4.69, 9.17) is 9.97 Å². The second-order valence-electron chi connectivity index (χ2n) is 16.0. The minimum Gasteiger partial charge on any atom is -0.256 e. The number of pyridine rings is 2. The smallest absolute Gasteiger partial charge is 0.0973 e. The van der Waals surface area contributed by atoms with Crippen molar-refractivity contribution in [3.05, 3.63) is 169 Å². The third kappa shape index (κ3) is 7.08. The number of aromatic nitrogens is 4. The Hall–Kier alpha value is -6.26. The van der Waals surface area contributed by atoms with Gasteiger partial charge in [-0.05, 0) is 80.6 Å². The van der Waals surface area contributed by atoms with Gasteiger partial charge in [0.25, 0.3) is 0 Å². The molecule has 8 rings (SSSR count). The second-order valence-corrected chi connectivity index (χ2v) is 16.0. The molecular formula is C50H44N4. The second kappa shape index (κ2) is 13.9. The molecule has 0 N–H and O–H groups in total. The highest BCUT2D eigenvalue weighted by Gasteiger charge is 2.20. The first-order chi connectivity index (χ1) is 26.0. The molecule has 4 nitrogen and oxygen atoms in total. The average molecular weight is 701 g/mol. The Morgan fingerprint density at radius 1 is 0.352 bits per heavy atom.